The molecule has 0 aliphatic carbocycles. The molecule has 1 rings (SSSR count). The lowest BCUT2D eigenvalue weighted by Gasteiger charge is -2.26. The second-order valence-corrected chi connectivity index (χ2v) is 4.94. The molecule has 0 unspecified atom stereocenters. The second-order valence-electron chi connectivity index (χ2n) is 4.94. The monoisotopic (exact) mass is 293 g/mol. The van der Waals surface area contributed by atoms with E-state index in [9.17, 15) is 4.79 Å². The van der Waals surface area contributed by atoms with Crippen molar-refractivity contribution in [3.63, 3.8) is 0 Å². The molecule has 0 spiro atoms. The van der Waals surface area contributed by atoms with E-state index in [1.807, 2.05) is 11.0 Å². The molecular weight excluding hydrogens is 266 g/mol. The van der Waals surface area contributed by atoms with Crippen molar-refractivity contribution in [3.05, 3.63) is 29.8 Å². The summed E-state index contributed by atoms with van der Waals surface area (Å²) in [5, 5.41) is 0. The lowest BCUT2D eigenvalue weighted by atomic mass is 10.1. The maximum atomic E-state index is 12.6. The Bertz CT molecular complexity index is 433. The van der Waals surface area contributed by atoms with Gasteiger partial charge >= 0.3 is 0 Å². The number of benzene rings is 1. The van der Waals surface area contributed by atoms with E-state index in [0.717, 1.165) is 19.6 Å². The molecule has 21 heavy (non-hydrogen) atoms. The molecule has 0 atom stereocenters. The minimum atomic E-state index is 0.00602. The van der Waals surface area contributed by atoms with Gasteiger partial charge in [-0.15, -0.1) is 0 Å². The molecule has 0 bridgehead atoms. The number of nitrogen functional groups attached to an aromatic ring is 1. The fourth-order valence-corrected chi connectivity index (χ4v) is 2.17. The molecule has 1 aromatic carbocycles. The minimum Gasteiger partial charge on any atom is -0.399 e. The van der Waals surface area contributed by atoms with Gasteiger partial charge in [0.1, 0.15) is 0 Å². The van der Waals surface area contributed by atoms with E-state index in [4.69, 9.17) is 10.5 Å². The zero-order valence-corrected chi connectivity index (χ0v) is 13.3. The summed E-state index contributed by atoms with van der Waals surface area (Å²) in [7, 11) is 1.65. The number of likely N-dealkylation sites (N-methyl/N-ethyl adjacent to an activating group) is 1. The summed E-state index contributed by atoms with van der Waals surface area (Å²) in [4.78, 5) is 16.7. The Balaban J connectivity index is 2.73. The first-order chi connectivity index (χ1) is 10.1. The van der Waals surface area contributed by atoms with Crippen molar-refractivity contribution in [2.24, 2.45) is 0 Å². The van der Waals surface area contributed by atoms with Crippen LogP contribution in [0.1, 0.15) is 24.2 Å². The molecule has 0 heterocycles. The summed E-state index contributed by atoms with van der Waals surface area (Å²) in [6.45, 7) is 8.91. The Morgan fingerprint density at radius 2 is 1.90 bits per heavy atom. The number of carbonyl (C=O) groups excluding carboxylic acids is 1. The summed E-state index contributed by atoms with van der Waals surface area (Å²) in [6, 6.07) is 7.11. The van der Waals surface area contributed by atoms with Gasteiger partial charge in [0, 0.05) is 38.0 Å². The fraction of sp³-hybridized carbons (Fsp3) is 0.562. The van der Waals surface area contributed by atoms with Crippen LogP contribution in [-0.2, 0) is 4.74 Å². The van der Waals surface area contributed by atoms with Crippen LogP contribution in [0.4, 0.5) is 5.69 Å². The van der Waals surface area contributed by atoms with Gasteiger partial charge in [0.2, 0.25) is 0 Å². The van der Waals surface area contributed by atoms with Crippen LogP contribution >= 0.6 is 0 Å². The molecule has 0 aromatic heterocycles. The van der Waals surface area contributed by atoms with Crippen LogP contribution < -0.4 is 5.73 Å². The van der Waals surface area contributed by atoms with E-state index in [0.29, 0.717) is 30.9 Å². The first-order valence-corrected chi connectivity index (χ1v) is 7.48. The highest BCUT2D eigenvalue weighted by Gasteiger charge is 2.16. The van der Waals surface area contributed by atoms with E-state index in [1.165, 1.54) is 0 Å². The van der Waals surface area contributed by atoms with Gasteiger partial charge in [0.15, 0.2) is 0 Å². The van der Waals surface area contributed by atoms with Gasteiger partial charge in [-0.1, -0.05) is 19.9 Å². The predicted molar refractivity (Wildman–Crippen MR) is 86.4 cm³/mol. The number of anilines is 1. The Kier molecular flexibility index (Phi) is 7.79. The molecule has 0 radical (unpaired) electrons. The number of hydrogen-bond donors (Lipinski definition) is 1. The first-order valence-electron chi connectivity index (χ1n) is 7.48. The van der Waals surface area contributed by atoms with Crippen molar-refractivity contribution >= 4 is 11.6 Å². The first kappa shape index (κ1) is 17.5. The molecule has 0 aliphatic rings. The number of nitrogens with two attached hydrogens (primary N) is 1. The van der Waals surface area contributed by atoms with Crippen LogP contribution in [0.15, 0.2) is 24.3 Å². The van der Waals surface area contributed by atoms with E-state index < -0.39 is 0 Å². The average Bonchev–Trinajstić information content (AvgIpc) is 2.50. The lowest BCUT2D eigenvalue weighted by molar-refractivity contribution is 0.0674. The van der Waals surface area contributed by atoms with Gasteiger partial charge in [-0.25, -0.2) is 0 Å². The SMILES string of the molecule is CCN(CC)CCN(CCOC)C(=O)c1cccc(N)c1. The molecular formula is C16H27N3O2. The number of carbonyl (C=O) groups is 1. The lowest BCUT2D eigenvalue weighted by Crippen LogP contribution is -2.40. The maximum absolute atomic E-state index is 12.6. The molecule has 1 amide bonds. The number of hydrogen-bond acceptors (Lipinski definition) is 4. The van der Waals surface area contributed by atoms with Crippen molar-refractivity contribution < 1.29 is 9.53 Å². The molecule has 0 saturated carbocycles. The smallest absolute Gasteiger partial charge is 0.254 e. The van der Waals surface area contributed by atoms with Gasteiger partial charge in [-0.05, 0) is 31.3 Å². The summed E-state index contributed by atoms with van der Waals surface area (Å²) in [5.74, 6) is 0.00602. The number of amides is 1. The Morgan fingerprint density at radius 3 is 2.48 bits per heavy atom. The zero-order chi connectivity index (χ0) is 15.7. The summed E-state index contributed by atoms with van der Waals surface area (Å²) in [6.07, 6.45) is 0. The summed E-state index contributed by atoms with van der Waals surface area (Å²) < 4.78 is 5.11. The van der Waals surface area contributed by atoms with Crippen LogP contribution in [-0.4, -0.2) is 62.1 Å². The molecule has 0 fully saturated rings. The predicted octanol–water partition coefficient (Wildman–Crippen LogP) is 1.70. The molecule has 0 saturated heterocycles. The van der Waals surface area contributed by atoms with Crippen molar-refractivity contribution in [2.45, 2.75) is 13.8 Å². The highest BCUT2D eigenvalue weighted by molar-refractivity contribution is 5.95. The summed E-state index contributed by atoms with van der Waals surface area (Å²) in [5.41, 5.74) is 7.00. The largest absolute Gasteiger partial charge is 0.399 e. The third kappa shape index (κ3) is 5.73. The molecule has 0 aliphatic heterocycles. The highest BCUT2D eigenvalue weighted by atomic mass is 16.5. The van der Waals surface area contributed by atoms with Crippen LogP contribution in [0.2, 0.25) is 0 Å². The van der Waals surface area contributed by atoms with Gasteiger partial charge in [-0.3, -0.25) is 4.79 Å². The molecule has 1 aromatic rings. The van der Waals surface area contributed by atoms with E-state index in [1.54, 1.807) is 25.3 Å². The molecule has 5 heteroatoms. The highest BCUT2D eigenvalue weighted by Crippen LogP contribution is 2.10. The van der Waals surface area contributed by atoms with Crippen LogP contribution in [0.3, 0.4) is 0 Å². The van der Waals surface area contributed by atoms with Crippen LogP contribution in [0.5, 0.6) is 0 Å². The minimum absolute atomic E-state index is 0.00602. The average molecular weight is 293 g/mol. The molecule has 2 N–H and O–H groups in total. The van der Waals surface area contributed by atoms with E-state index >= 15 is 0 Å². The van der Waals surface area contributed by atoms with Crippen molar-refractivity contribution in [3.8, 4) is 0 Å². The van der Waals surface area contributed by atoms with Crippen LogP contribution in [0, 0.1) is 0 Å². The van der Waals surface area contributed by atoms with Crippen LogP contribution in [0.25, 0.3) is 0 Å². The molecule has 5 nitrogen and oxygen atoms in total. The standard InChI is InChI=1S/C16H27N3O2/c1-4-18(5-2)9-10-19(11-12-21-3)16(20)14-7-6-8-15(17)13-14/h6-8,13H,4-5,9-12,17H2,1-3H3. The second kappa shape index (κ2) is 9.37. The van der Waals surface area contributed by atoms with E-state index in [-0.39, 0.29) is 5.91 Å². The zero-order valence-electron chi connectivity index (χ0n) is 13.3. The van der Waals surface area contributed by atoms with Crippen molar-refractivity contribution in [2.75, 3.05) is 52.2 Å². The number of rotatable bonds is 9. The van der Waals surface area contributed by atoms with Gasteiger partial charge in [0.05, 0.1) is 6.61 Å². The Labute approximate surface area is 127 Å². The Hall–Kier alpha value is -1.59. The topological polar surface area (TPSA) is 58.8 Å². The third-order valence-electron chi connectivity index (χ3n) is 3.57. The van der Waals surface area contributed by atoms with Gasteiger partial charge < -0.3 is 20.3 Å². The quantitative estimate of drug-likeness (QED) is 0.704. The maximum Gasteiger partial charge on any atom is 0.254 e. The van der Waals surface area contributed by atoms with Gasteiger partial charge in [0.25, 0.3) is 5.91 Å². The van der Waals surface area contributed by atoms with Crippen molar-refractivity contribution in [1.29, 1.82) is 0 Å². The van der Waals surface area contributed by atoms with Gasteiger partial charge in [-0.2, -0.15) is 0 Å². The normalized spacial score (nSPS) is 10.9. The van der Waals surface area contributed by atoms with Crippen molar-refractivity contribution in [1.82, 2.24) is 9.80 Å². The number of nitrogens with zero attached hydrogens (tertiary/aromatic N) is 2. The Morgan fingerprint density at radius 1 is 1.19 bits per heavy atom. The number of methoxy groups -OCH3 is 1. The fourth-order valence-electron chi connectivity index (χ4n) is 2.17. The molecule has 118 valence electrons. The number of ether oxygens (including phenoxy) is 1. The van der Waals surface area contributed by atoms with E-state index in [2.05, 4.69) is 18.7 Å². The third-order valence-corrected chi connectivity index (χ3v) is 3.57. The summed E-state index contributed by atoms with van der Waals surface area (Å²) >= 11 is 0.